The lowest BCUT2D eigenvalue weighted by atomic mass is 10.0. The first kappa shape index (κ1) is 18.3. The highest BCUT2D eigenvalue weighted by molar-refractivity contribution is 5.93. The molecular formula is C18H20FN3O3. The van der Waals surface area contributed by atoms with Crippen molar-refractivity contribution in [3.63, 3.8) is 0 Å². The van der Waals surface area contributed by atoms with E-state index in [4.69, 9.17) is 10.5 Å². The summed E-state index contributed by atoms with van der Waals surface area (Å²) in [6, 6.07) is 11.2. The molecule has 132 valence electrons. The number of ether oxygens (including phenoxy) is 1. The number of primary amides is 1. The van der Waals surface area contributed by atoms with Gasteiger partial charge in [-0.25, -0.2) is 9.18 Å². The summed E-state index contributed by atoms with van der Waals surface area (Å²) in [5.41, 5.74) is 5.84. The molecule has 0 aliphatic carbocycles. The average Bonchev–Trinajstić information content (AvgIpc) is 2.56. The molecule has 0 aliphatic heterocycles. The van der Waals surface area contributed by atoms with E-state index >= 15 is 0 Å². The molecule has 0 saturated heterocycles. The van der Waals surface area contributed by atoms with E-state index in [1.54, 1.807) is 30.3 Å². The van der Waals surface area contributed by atoms with Crippen LogP contribution in [0.3, 0.4) is 0 Å². The zero-order chi connectivity index (χ0) is 18.2. The van der Waals surface area contributed by atoms with E-state index in [9.17, 15) is 14.0 Å². The van der Waals surface area contributed by atoms with Crippen molar-refractivity contribution in [3.8, 4) is 5.75 Å². The zero-order valence-corrected chi connectivity index (χ0v) is 13.8. The summed E-state index contributed by atoms with van der Waals surface area (Å²) in [6.07, 6.45) is -0.176. The van der Waals surface area contributed by atoms with Gasteiger partial charge in [0, 0.05) is 5.56 Å². The third-order valence-electron chi connectivity index (χ3n) is 3.45. The van der Waals surface area contributed by atoms with Crippen molar-refractivity contribution in [2.45, 2.75) is 19.4 Å². The average molecular weight is 345 g/mol. The monoisotopic (exact) mass is 345 g/mol. The lowest BCUT2D eigenvalue weighted by Gasteiger charge is -2.19. The maximum Gasteiger partial charge on any atom is 0.312 e. The van der Waals surface area contributed by atoms with Crippen LogP contribution in [-0.4, -0.2) is 18.5 Å². The smallest absolute Gasteiger partial charge is 0.312 e. The van der Waals surface area contributed by atoms with Gasteiger partial charge in [0.05, 0.1) is 24.8 Å². The van der Waals surface area contributed by atoms with E-state index in [1.807, 2.05) is 6.92 Å². The molecule has 0 fully saturated rings. The van der Waals surface area contributed by atoms with Crippen molar-refractivity contribution >= 4 is 17.6 Å². The molecule has 4 N–H and O–H groups in total. The van der Waals surface area contributed by atoms with Crippen LogP contribution in [0.5, 0.6) is 5.75 Å². The predicted molar refractivity (Wildman–Crippen MR) is 92.7 cm³/mol. The highest BCUT2D eigenvalue weighted by atomic mass is 19.1. The van der Waals surface area contributed by atoms with Crippen molar-refractivity contribution in [2.24, 2.45) is 5.73 Å². The Morgan fingerprint density at radius 2 is 1.84 bits per heavy atom. The van der Waals surface area contributed by atoms with Crippen molar-refractivity contribution in [3.05, 3.63) is 59.9 Å². The molecule has 0 saturated carbocycles. The minimum absolute atomic E-state index is 0.176. The van der Waals surface area contributed by atoms with Gasteiger partial charge >= 0.3 is 6.03 Å². The zero-order valence-electron chi connectivity index (χ0n) is 13.8. The Labute approximate surface area is 145 Å². The van der Waals surface area contributed by atoms with Gasteiger partial charge in [0.15, 0.2) is 0 Å². The van der Waals surface area contributed by atoms with Gasteiger partial charge in [-0.2, -0.15) is 0 Å². The fourth-order valence-electron chi connectivity index (χ4n) is 2.41. The van der Waals surface area contributed by atoms with Crippen LogP contribution in [0.2, 0.25) is 0 Å². The van der Waals surface area contributed by atoms with E-state index < -0.39 is 23.8 Å². The summed E-state index contributed by atoms with van der Waals surface area (Å²) in [7, 11) is 0. The molecular weight excluding hydrogens is 325 g/mol. The van der Waals surface area contributed by atoms with Crippen LogP contribution in [0.25, 0.3) is 0 Å². The molecule has 0 spiro atoms. The molecule has 6 nitrogen and oxygen atoms in total. The van der Waals surface area contributed by atoms with Crippen LogP contribution >= 0.6 is 0 Å². The van der Waals surface area contributed by atoms with E-state index in [-0.39, 0.29) is 12.0 Å². The molecule has 2 rings (SSSR count). The Balaban J connectivity index is 2.15. The van der Waals surface area contributed by atoms with Gasteiger partial charge in [0.25, 0.3) is 0 Å². The number of benzene rings is 2. The molecule has 0 aliphatic rings. The van der Waals surface area contributed by atoms with Gasteiger partial charge < -0.3 is 21.1 Å². The first-order valence-corrected chi connectivity index (χ1v) is 7.83. The Morgan fingerprint density at radius 1 is 1.16 bits per heavy atom. The molecule has 2 aromatic carbocycles. The number of carbonyl (C=O) groups excluding carboxylic acids is 2. The third-order valence-corrected chi connectivity index (χ3v) is 3.45. The third kappa shape index (κ3) is 5.20. The van der Waals surface area contributed by atoms with E-state index in [1.165, 1.54) is 18.2 Å². The Kier molecular flexibility index (Phi) is 6.33. The largest absolute Gasteiger partial charge is 0.492 e. The molecule has 25 heavy (non-hydrogen) atoms. The first-order chi connectivity index (χ1) is 12.0. The minimum Gasteiger partial charge on any atom is -0.492 e. The number of hydrogen-bond acceptors (Lipinski definition) is 3. The SMILES string of the molecule is CCOc1ccccc1NC(=O)C[C@H](NC(N)=O)c1ccccc1F. The molecule has 0 aromatic heterocycles. The summed E-state index contributed by atoms with van der Waals surface area (Å²) < 4.78 is 19.4. The van der Waals surface area contributed by atoms with Gasteiger partial charge in [0.1, 0.15) is 11.6 Å². The number of para-hydroxylation sites is 2. The fourth-order valence-corrected chi connectivity index (χ4v) is 2.41. The predicted octanol–water partition coefficient (Wildman–Crippen LogP) is 2.96. The Hall–Kier alpha value is -3.09. The van der Waals surface area contributed by atoms with Gasteiger partial charge in [-0.1, -0.05) is 30.3 Å². The lowest BCUT2D eigenvalue weighted by Crippen LogP contribution is -2.35. The molecule has 0 heterocycles. The van der Waals surface area contributed by atoms with Crippen molar-refractivity contribution in [2.75, 3.05) is 11.9 Å². The number of hydrogen-bond donors (Lipinski definition) is 3. The molecule has 0 bridgehead atoms. The lowest BCUT2D eigenvalue weighted by molar-refractivity contribution is -0.116. The minimum atomic E-state index is -0.877. The molecule has 7 heteroatoms. The van der Waals surface area contributed by atoms with Gasteiger partial charge in [-0.15, -0.1) is 0 Å². The Morgan fingerprint density at radius 3 is 2.52 bits per heavy atom. The van der Waals surface area contributed by atoms with Crippen LogP contribution in [0.1, 0.15) is 24.9 Å². The van der Waals surface area contributed by atoms with E-state index in [2.05, 4.69) is 10.6 Å². The van der Waals surface area contributed by atoms with E-state index in [0.29, 0.717) is 18.0 Å². The number of rotatable bonds is 7. The fraction of sp³-hybridized carbons (Fsp3) is 0.222. The quantitative estimate of drug-likeness (QED) is 0.720. The van der Waals surface area contributed by atoms with Gasteiger partial charge in [0.2, 0.25) is 5.91 Å². The first-order valence-electron chi connectivity index (χ1n) is 7.83. The number of carbonyl (C=O) groups is 2. The molecule has 3 amide bonds. The molecule has 0 radical (unpaired) electrons. The highest BCUT2D eigenvalue weighted by Crippen LogP contribution is 2.25. The van der Waals surface area contributed by atoms with Crippen LogP contribution in [0, 0.1) is 5.82 Å². The summed E-state index contributed by atoms with van der Waals surface area (Å²) in [6.45, 7) is 2.29. The Bertz CT molecular complexity index is 752. The maximum atomic E-state index is 14.0. The normalized spacial score (nSPS) is 11.4. The van der Waals surface area contributed by atoms with Crippen molar-refractivity contribution < 1.29 is 18.7 Å². The summed E-state index contributed by atoms with van der Waals surface area (Å²) in [5, 5.41) is 5.11. The van der Waals surface area contributed by atoms with Crippen molar-refractivity contribution in [1.29, 1.82) is 0 Å². The highest BCUT2D eigenvalue weighted by Gasteiger charge is 2.21. The second kappa shape index (κ2) is 8.68. The molecule has 2 aromatic rings. The summed E-state index contributed by atoms with van der Waals surface area (Å²) in [5.74, 6) is -0.401. The summed E-state index contributed by atoms with van der Waals surface area (Å²) in [4.78, 5) is 23.6. The second-order valence-electron chi connectivity index (χ2n) is 5.26. The molecule has 1 atom stereocenters. The van der Waals surface area contributed by atoms with Gasteiger partial charge in [-0.05, 0) is 25.1 Å². The summed E-state index contributed by atoms with van der Waals surface area (Å²) >= 11 is 0. The molecule has 0 unspecified atom stereocenters. The number of nitrogens with one attached hydrogen (secondary N) is 2. The van der Waals surface area contributed by atoms with Crippen LogP contribution in [0.15, 0.2) is 48.5 Å². The van der Waals surface area contributed by atoms with E-state index in [0.717, 1.165) is 0 Å². The van der Waals surface area contributed by atoms with Gasteiger partial charge in [-0.3, -0.25) is 4.79 Å². The number of anilines is 1. The van der Waals surface area contributed by atoms with Crippen molar-refractivity contribution in [1.82, 2.24) is 5.32 Å². The van der Waals surface area contributed by atoms with Crippen LogP contribution in [0.4, 0.5) is 14.9 Å². The maximum absolute atomic E-state index is 14.0. The topological polar surface area (TPSA) is 93.4 Å². The second-order valence-corrected chi connectivity index (χ2v) is 5.26. The standard InChI is InChI=1S/C18H20FN3O3/c1-2-25-16-10-6-5-9-14(16)21-17(23)11-15(22-18(20)24)12-7-3-4-8-13(12)19/h3-10,15H,2,11H2,1H3,(H,21,23)(H3,20,22,24)/t15-/m0/s1. The van der Waals surface area contributed by atoms with Crippen LogP contribution < -0.4 is 21.1 Å². The van der Waals surface area contributed by atoms with Crippen LogP contribution in [-0.2, 0) is 4.79 Å². The number of nitrogens with two attached hydrogens (primary N) is 1. The number of amides is 3. The number of urea groups is 1. The number of halogens is 1.